The number of aromatic carboxylic acids is 1. The van der Waals surface area contributed by atoms with Crippen molar-refractivity contribution in [1.82, 2.24) is 10.2 Å². The van der Waals surface area contributed by atoms with Crippen LogP contribution in [0.15, 0.2) is 46.9 Å². The first-order valence-corrected chi connectivity index (χ1v) is 6.43. The highest BCUT2D eigenvalue weighted by molar-refractivity contribution is 9.10. The predicted molar refractivity (Wildman–Crippen MR) is 76.2 cm³/mol. The van der Waals surface area contributed by atoms with Gasteiger partial charge < -0.3 is 5.11 Å². The zero-order valence-corrected chi connectivity index (χ0v) is 11.3. The van der Waals surface area contributed by atoms with Crippen LogP contribution in [0, 0.1) is 0 Å². The van der Waals surface area contributed by atoms with Gasteiger partial charge in [-0.1, -0.05) is 42.5 Å². The summed E-state index contributed by atoms with van der Waals surface area (Å²) in [6, 6.07) is 13.8. The molecule has 0 spiro atoms. The van der Waals surface area contributed by atoms with Crippen LogP contribution in [-0.4, -0.2) is 21.3 Å². The summed E-state index contributed by atoms with van der Waals surface area (Å²) in [4.78, 5) is 11.0. The van der Waals surface area contributed by atoms with E-state index in [2.05, 4.69) is 26.1 Å². The summed E-state index contributed by atoms with van der Waals surface area (Å²) >= 11 is 3.30. The third kappa shape index (κ3) is 1.92. The lowest BCUT2D eigenvalue weighted by atomic mass is 10.0. The van der Waals surface area contributed by atoms with Gasteiger partial charge in [-0.2, -0.15) is 5.10 Å². The SMILES string of the molecule is O=C(O)c1[nH]nc(-c2cccc3ccccc23)c1Br. The second-order valence-electron chi connectivity index (χ2n) is 4.09. The Morgan fingerprint density at radius 1 is 1.16 bits per heavy atom. The number of rotatable bonds is 2. The molecule has 0 saturated carbocycles. The number of aromatic nitrogens is 2. The van der Waals surface area contributed by atoms with Crippen LogP contribution < -0.4 is 0 Å². The molecule has 0 aliphatic rings. The molecule has 0 atom stereocenters. The Hall–Kier alpha value is -2.14. The lowest BCUT2D eigenvalue weighted by Gasteiger charge is -2.04. The summed E-state index contributed by atoms with van der Waals surface area (Å²) in [5, 5.41) is 17.8. The molecule has 0 saturated heterocycles. The van der Waals surface area contributed by atoms with E-state index in [1.165, 1.54) is 0 Å². The van der Waals surface area contributed by atoms with E-state index < -0.39 is 5.97 Å². The molecule has 1 aromatic heterocycles. The van der Waals surface area contributed by atoms with Gasteiger partial charge in [0, 0.05) is 5.56 Å². The molecular weight excluding hydrogens is 308 g/mol. The van der Waals surface area contributed by atoms with E-state index in [1.54, 1.807) is 0 Å². The minimum Gasteiger partial charge on any atom is -0.476 e. The Labute approximate surface area is 117 Å². The van der Waals surface area contributed by atoms with E-state index in [0.717, 1.165) is 16.3 Å². The molecule has 0 bridgehead atoms. The van der Waals surface area contributed by atoms with E-state index in [0.29, 0.717) is 10.2 Å². The highest BCUT2D eigenvalue weighted by Gasteiger charge is 2.18. The molecule has 0 amide bonds. The number of benzene rings is 2. The largest absolute Gasteiger partial charge is 0.476 e. The Kier molecular flexibility index (Phi) is 2.83. The quantitative estimate of drug-likeness (QED) is 0.757. The summed E-state index contributed by atoms with van der Waals surface area (Å²) < 4.78 is 0.469. The lowest BCUT2D eigenvalue weighted by molar-refractivity contribution is 0.0689. The van der Waals surface area contributed by atoms with Crippen LogP contribution >= 0.6 is 15.9 Å². The zero-order chi connectivity index (χ0) is 13.4. The summed E-state index contributed by atoms with van der Waals surface area (Å²) in [5.74, 6) is -1.04. The maximum absolute atomic E-state index is 11.0. The first kappa shape index (κ1) is 11.9. The molecule has 0 aliphatic heterocycles. The minimum atomic E-state index is -1.04. The van der Waals surface area contributed by atoms with Crippen molar-refractivity contribution in [1.29, 1.82) is 0 Å². The van der Waals surface area contributed by atoms with Crippen molar-refractivity contribution < 1.29 is 9.90 Å². The van der Waals surface area contributed by atoms with E-state index >= 15 is 0 Å². The van der Waals surface area contributed by atoms with Gasteiger partial charge in [-0.25, -0.2) is 4.79 Å². The van der Waals surface area contributed by atoms with E-state index in [-0.39, 0.29) is 5.69 Å². The van der Waals surface area contributed by atoms with Crippen molar-refractivity contribution in [3.05, 3.63) is 52.6 Å². The van der Waals surface area contributed by atoms with Gasteiger partial charge in [0.1, 0.15) is 5.69 Å². The number of carboxylic acid groups (broad SMARTS) is 1. The van der Waals surface area contributed by atoms with Crippen molar-refractivity contribution in [2.45, 2.75) is 0 Å². The molecule has 4 nitrogen and oxygen atoms in total. The maximum atomic E-state index is 11.0. The van der Waals surface area contributed by atoms with Crippen molar-refractivity contribution in [3.8, 4) is 11.3 Å². The molecule has 3 aromatic rings. The second kappa shape index (κ2) is 4.51. The van der Waals surface area contributed by atoms with Gasteiger partial charge in [-0.05, 0) is 26.7 Å². The number of halogens is 1. The van der Waals surface area contributed by atoms with Crippen molar-refractivity contribution in [2.75, 3.05) is 0 Å². The highest BCUT2D eigenvalue weighted by Crippen LogP contribution is 2.33. The normalized spacial score (nSPS) is 10.8. The highest BCUT2D eigenvalue weighted by atomic mass is 79.9. The summed E-state index contributed by atoms with van der Waals surface area (Å²) in [7, 11) is 0. The Morgan fingerprint density at radius 2 is 1.89 bits per heavy atom. The fraction of sp³-hybridized carbons (Fsp3) is 0. The molecule has 94 valence electrons. The maximum Gasteiger partial charge on any atom is 0.355 e. The molecule has 0 aliphatic carbocycles. The lowest BCUT2D eigenvalue weighted by Crippen LogP contribution is -1.96. The number of nitrogens with zero attached hydrogens (tertiary/aromatic N) is 1. The number of aromatic amines is 1. The van der Waals surface area contributed by atoms with E-state index in [4.69, 9.17) is 5.11 Å². The molecule has 3 rings (SSSR count). The minimum absolute atomic E-state index is 0.0583. The number of nitrogens with one attached hydrogen (secondary N) is 1. The van der Waals surface area contributed by atoms with Gasteiger partial charge in [-0.3, -0.25) is 5.10 Å². The van der Waals surface area contributed by atoms with Gasteiger partial charge in [-0.15, -0.1) is 0 Å². The fourth-order valence-electron chi connectivity index (χ4n) is 2.08. The van der Waals surface area contributed by atoms with Crippen molar-refractivity contribution in [3.63, 3.8) is 0 Å². The summed E-state index contributed by atoms with van der Waals surface area (Å²) in [6.07, 6.45) is 0. The third-order valence-electron chi connectivity index (χ3n) is 2.97. The van der Waals surface area contributed by atoms with Crippen LogP contribution in [0.25, 0.3) is 22.0 Å². The van der Waals surface area contributed by atoms with Gasteiger partial charge >= 0.3 is 5.97 Å². The first-order chi connectivity index (χ1) is 9.18. The molecule has 0 fully saturated rings. The monoisotopic (exact) mass is 316 g/mol. The number of hydrogen-bond donors (Lipinski definition) is 2. The molecule has 0 unspecified atom stereocenters. The van der Waals surface area contributed by atoms with Crippen LogP contribution in [0.5, 0.6) is 0 Å². The summed E-state index contributed by atoms with van der Waals surface area (Å²) in [6.45, 7) is 0. The Morgan fingerprint density at radius 3 is 2.63 bits per heavy atom. The van der Waals surface area contributed by atoms with Crippen LogP contribution in [0.4, 0.5) is 0 Å². The van der Waals surface area contributed by atoms with Crippen LogP contribution in [0.1, 0.15) is 10.5 Å². The van der Waals surface area contributed by atoms with Gasteiger partial charge in [0.2, 0.25) is 0 Å². The Bertz CT molecular complexity index is 775. The number of H-pyrrole nitrogens is 1. The van der Waals surface area contributed by atoms with E-state index in [9.17, 15) is 4.79 Å². The second-order valence-corrected chi connectivity index (χ2v) is 4.89. The average molecular weight is 317 g/mol. The summed E-state index contributed by atoms with van der Waals surface area (Å²) in [5.41, 5.74) is 1.56. The standard InChI is InChI=1S/C14H9BrN2O2/c15-11-12(16-17-13(11)14(18)19)10-7-3-5-8-4-1-2-6-9(8)10/h1-7H,(H,16,17)(H,18,19). The predicted octanol–water partition coefficient (Wildman–Crippen LogP) is 3.69. The number of carbonyl (C=O) groups is 1. The topological polar surface area (TPSA) is 66.0 Å². The van der Waals surface area contributed by atoms with E-state index in [1.807, 2.05) is 42.5 Å². The first-order valence-electron chi connectivity index (χ1n) is 5.64. The number of fused-ring (bicyclic) bond motifs is 1. The van der Waals surface area contributed by atoms with Crippen LogP contribution in [-0.2, 0) is 0 Å². The molecule has 2 N–H and O–H groups in total. The van der Waals surface area contributed by atoms with Gasteiger partial charge in [0.05, 0.1) is 4.47 Å². The van der Waals surface area contributed by atoms with Gasteiger partial charge in [0.15, 0.2) is 5.69 Å². The number of carboxylic acids is 1. The smallest absolute Gasteiger partial charge is 0.355 e. The fourth-order valence-corrected chi connectivity index (χ4v) is 2.64. The Balaban J connectivity index is 2.28. The molecule has 5 heteroatoms. The number of hydrogen-bond acceptors (Lipinski definition) is 2. The molecule has 0 radical (unpaired) electrons. The molecule has 19 heavy (non-hydrogen) atoms. The van der Waals surface area contributed by atoms with Gasteiger partial charge in [0.25, 0.3) is 0 Å². The van der Waals surface area contributed by atoms with Crippen LogP contribution in [0.2, 0.25) is 0 Å². The molecule has 2 aromatic carbocycles. The molecular formula is C14H9BrN2O2. The zero-order valence-electron chi connectivity index (χ0n) is 9.72. The van der Waals surface area contributed by atoms with Crippen molar-refractivity contribution in [2.24, 2.45) is 0 Å². The third-order valence-corrected chi connectivity index (χ3v) is 3.74. The van der Waals surface area contributed by atoms with Crippen LogP contribution in [0.3, 0.4) is 0 Å². The van der Waals surface area contributed by atoms with Crippen molar-refractivity contribution >= 4 is 32.7 Å². The average Bonchev–Trinajstić information content (AvgIpc) is 2.80. The molecule has 1 heterocycles.